The van der Waals surface area contributed by atoms with Gasteiger partial charge < -0.3 is 15.4 Å². The van der Waals surface area contributed by atoms with Crippen molar-refractivity contribution in [3.8, 4) is 18.1 Å². The van der Waals surface area contributed by atoms with Gasteiger partial charge in [0.2, 0.25) is 11.8 Å². The van der Waals surface area contributed by atoms with Crippen LogP contribution < -0.4 is 20.7 Å². The molecule has 0 aliphatic carbocycles. The van der Waals surface area contributed by atoms with Crippen molar-refractivity contribution in [1.82, 2.24) is 16.0 Å². The van der Waals surface area contributed by atoms with Crippen molar-refractivity contribution < 1.29 is 23.9 Å². The van der Waals surface area contributed by atoms with Crippen LogP contribution in [-0.4, -0.2) is 30.4 Å². The zero-order valence-electron chi connectivity index (χ0n) is 14.6. The maximum atomic E-state index is 12.3. The van der Waals surface area contributed by atoms with Gasteiger partial charge in [-0.3, -0.25) is 19.7 Å². The van der Waals surface area contributed by atoms with E-state index in [1.165, 1.54) is 0 Å². The lowest BCUT2D eigenvalue weighted by atomic mass is 9.88. The lowest BCUT2D eigenvalue weighted by molar-refractivity contribution is -0.134. The molecule has 3 N–H and O–H groups in total. The van der Waals surface area contributed by atoms with Gasteiger partial charge >= 0.3 is 6.09 Å². The Bertz CT molecular complexity index is 856. The van der Waals surface area contributed by atoms with Crippen LogP contribution in [0.4, 0.5) is 4.79 Å². The number of hydrogen-bond donors (Lipinski definition) is 3. The number of rotatable bonds is 5. The fourth-order valence-electron chi connectivity index (χ4n) is 3.19. The Morgan fingerprint density at radius 2 is 2.15 bits per heavy atom. The summed E-state index contributed by atoms with van der Waals surface area (Å²) in [5, 5.41) is 7.58. The van der Waals surface area contributed by atoms with Gasteiger partial charge in [0.15, 0.2) is 0 Å². The third-order valence-electron chi connectivity index (χ3n) is 4.54. The minimum Gasteiger partial charge on any atom is -0.410 e. The number of terminal acetylenes is 1. The van der Waals surface area contributed by atoms with Crippen molar-refractivity contribution in [2.45, 2.75) is 38.1 Å². The van der Waals surface area contributed by atoms with E-state index in [-0.39, 0.29) is 30.5 Å². The van der Waals surface area contributed by atoms with E-state index in [9.17, 15) is 19.2 Å². The first-order valence-electron chi connectivity index (χ1n) is 8.68. The number of benzene rings is 1. The van der Waals surface area contributed by atoms with Gasteiger partial charge in [-0.25, -0.2) is 4.79 Å². The second kappa shape index (κ2) is 7.91. The normalized spacial score (nSPS) is 18.2. The molecule has 27 heavy (non-hydrogen) atoms. The van der Waals surface area contributed by atoms with E-state index in [1.807, 2.05) is 0 Å². The summed E-state index contributed by atoms with van der Waals surface area (Å²) in [7, 11) is 0. The average Bonchev–Trinajstić information content (AvgIpc) is 3.01. The average molecular weight is 369 g/mol. The molecule has 4 amide bonds. The Morgan fingerprint density at radius 3 is 2.89 bits per heavy atom. The number of imide groups is 1. The molecule has 0 radical (unpaired) electrons. The van der Waals surface area contributed by atoms with Gasteiger partial charge in [-0.2, -0.15) is 0 Å². The lowest BCUT2D eigenvalue weighted by Crippen LogP contribution is -2.39. The highest BCUT2D eigenvalue weighted by atomic mass is 16.6. The first-order valence-corrected chi connectivity index (χ1v) is 8.68. The molecule has 8 nitrogen and oxygen atoms in total. The zero-order valence-corrected chi connectivity index (χ0v) is 14.6. The van der Waals surface area contributed by atoms with Crippen molar-refractivity contribution in [3.05, 3.63) is 28.8 Å². The highest BCUT2D eigenvalue weighted by Gasteiger charge is 2.34. The number of carbonyl (C=O) groups is 4. The van der Waals surface area contributed by atoms with E-state index in [0.717, 1.165) is 0 Å². The first-order chi connectivity index (χ1) is 13.0. The van der Waals surface area contributed by atoms with Gasteiger partial charge in [0.05, 0.1) is 5.92 Å². The van der Waals surface area contributed by atoms with Crippen LogP contribution in [0, 0.1) is 12.3 Å². The van der Waals surface area contributed by atoms with Crippen LogP contribution in [0.25, 0.3) is 0 Å². The minimum atomic E-state index is -0.687. The van der Waals surface area contributed by atoms with E-state index >= 15 is 0 Å². The fourth-order valence-corrected chi connectivity index (χ4v) is 3.19. The van der Waals surface area contributed by atoms with Crippen LogP contribution in [0.5, 0.6) is 5.75 Å². The molecule has 1 aromatic rings. The molecule has 1 aromatic carbocycles. The molecule has 1 unspecified atom stereocenters. The quantitative estimate of drug-likeness (QED) is 0.406. The maximum absolute atomic E-state index is 12.3. The van der Waals surface area contributed by atoms with Crippen LogP contribution >= 0.6 is 0 Å². The fraction of sp³-hybridized carbons (Fsp3) is 0.368. The van der Waals surface area contributed by atoms with Gasteiger partial charge in [0.1, 0.15) is 5.75 Å². The summed E-state index contributed by atoms with van der Waals surface area (Å²) in [5.41, 5.74) is 1.41. The van der Waals surface area contributed by atoms with Crippen LogP contribution in [0.2, 0.25) is 0 Å². The monoisotopic (exact) mass is 369 g/mol. The molecule has 0 bridgehead atoms. The number of hydrogen-bond acceptors (Lipinski definition) is 5. The molecule has 1 saturated heterocycles. The summed E-state index contributed by atoms with van der Waals surface area (Å²) < 4.78 is 5.49. The molecule has 8 heteroatoms. The molecule has 2 heterocycles. The molecule has 140 valence electrons. The van der Waals surface area contributed by atoms with Crippen LogP contribution in [0.1, 0.15) is 53.1 Å². The molecule has 0 saturated carbocycles. The van der Waals surface area contributed by atoms with Crippen LogP contribution in [-0.2, 0) is 16.1 Å². The summed E-state index contributed by atoms with van der Waals surface area (Å²) in [4.78, 5) is 47.8. The second-order valence-electron chi connectivity index (χ2n) is 6.32. The Hall–Kier alpha value is -3.34. The number of fused-ring (bicyclic) bond motifs is 1. The largest absolute Gasteiger partial charge is 0.412 e. The summed E-state index contributed by atoms with van der Waals surface area (Å²) in [5.74, 6) is 1.00. The van der Waals surface area contributed by atoms with Crippen LogP contribution in [0.3, 0.4) is 0 Å². The van der Waals surface area contributed by atoms with Crippen molar-refractivity contribution >= 4 is 23.8 Å². The minimum absolute atomic E-state index is 0.190. The second-order valence-corrected chi connectivity index (χ2v) is 6.32. The van der Waals surface area contributed by atoms with Gasteiger partial charge in [0, 0.05) is 42.6 Å². The van der Waals surface area contributed by atoms with Gasteiger partial charge in [-0.15, -0.1) is 12.3 Å². The molecule has 2 aliphatic heterocycles. The highest BCUT2D eigenvalue weighted by molar-refractivity contribution is 6.03. The third-order valence-corrected chi connectivity index (χ3v) is 4.54. The number of unbranched alkanes of at least 4 members (excludes halogenated alkanes) is 1. The van der Waals surface area contributed by atoms with E-state index in [2.05, 4.69) is 21.9 Å². The van der Waals surface area contributed by atoms with Crippen molar-refractivity contribution in [3.63, 3.8) is 0 Å². The van der Waals surface area contributed by atoms with E-state index in [4.69, 9.17) is 11.2 Å². The number of carbonyl (C=O) groups excluding carboxylic acids is 4. The molecule has 2 aliphatic rings. The Kier molecular flexibility index (Phi) is 5.41. The molecule has 0 aromatic heterocycles. The number of ether oxygens (including phenoxy) is 1. The SMILES string of the molecule is C#CCCCNC(=O)Oc1c(C2CCC(=O)NC2=O)ccc2c1CNC2=O. The van der Waals surface area contributed by atoms with E-state index in [1.54, 1.807) is 12.1 Å². The summed E-state index contributed by atoms with van der Waals surface area (Å²) >= 11 is 0. The zero-order chi connectivity index (χ0) is 19.4. The first kappa shape index (κ1) is 18.5. The Balaban J connectivity index is 1.87. The van der Waals surface area contributed by atoms with Crippen LogP contribution in [0.15, 0.2) is 12.1 Å². The predicted molar refractivity (Wildman–Crippen MR) is 94.8 cm³/mol. The van der Waals surface area contributed by atoms with Gasteiger partial charge in [-0.05, 0) is 18.9 Å². The topological polar surface area (TPSA) is 114 Å². The molecule has 0 spiro atoms. The van der Waals surface area contributed by atoms with Crippen molar-refractivity contribution in [2.75, 3.05) is 6.54 Å². The number of amides is 4. The molecule has 1 atom stereocenters. The third kappa shape index (κ3) is 3.92. The number of nitrogens with one attached hydrogen (secondary N) is 3. The van der Waals surface area contributed by atoms with E-state index < -0.39 is 17.9 Å². The Morgan fingerprint density at radius 1 is 1.33 bits per heavy atom. The highest BCUT2D eigenvalue weighted by Crippen LogP contribution is 2.38. The molecule has 3 rings (SSSR count). The predicted octanol–water partition coefficient (Wildman–Crippen LogP) is 0.952. The summed E-state index contributed by atoms with van der Waals surface area (Å²) in [6, 6.07) is 3.21. The van der Waals surface area contributed by atoms with Gasteiger partial charge in [0.25, 0.3) is 5.91 Å². The Labute approximate surface area is 156 Å². The standard InChI is InChI=1S/C19H19N3O5/c1-2-3-4-9-20-19(26)27-16-11(12-7-8-15(23)22-18(12)25)5-6-13-14(16)10-21-17(13)24/h1,5-6,12H,3-4,7-10H2,(H,20,26)(H,21,24)(H,22,23,25). The summed E-state index contributed by atoms with van der Waals surface area (Å²) in [6.07, 6.45) is 6.13. The summed E-state index contributed by atoms with van der Waals surface area (Å²) in [6.45, 7) is 0.554. The lowest BCUT2D eigenvalue weighted by Gasteiger charge is -2.24. The number of piperidine rings is 1. The molecular formula is C19H19N3O5. The van der Waals surface area contributed by atoms with E-state index in [0.29, 0.717) is 42.5 Å². The maximum Gasteiger partial charge on any atom is 0.412 e. The van der Waals surface area contributed by atoms with Gasteiger partial charge in [-0.1, -0.05) is 6.07 Å². The van der Waals surface area contributed by atoms with Crippen molar-refractivity contribution in [2.24, 2.45) is 0 Å². The smallest absolute Gasteiger partial charge is 0.410 e. The van der Waals surface area contributed by atoms with Crippen molar-refractivity contribution in [1.29, 1.82) is 0 Å². The molecular weight excluding hydrogens is 350 g/mol. The molecule has 1 fully saturated rings.